The van der Waals surface area contributed by atoms with Crippen molar-refractivity contribution in [1.29, 1.82) is 0 Å². The average Bonchev–Trinajstić information content (AvgIpc) is 3.36. The number of likely N-dealkylation sites (tertiary alicyclic amines) is 1. The van der Waals surface area contributed by atoms with Crippen molar-refractivity contribution in [2.24, 2.45) is 4.99 Å². The highest BCUT2D eigenvalue weighted by molar-refractivity contribution is 5.80. The van der Waals surface area contributed by atoms with Crippen LogP contribution in [0.25, 0.3) is 0 Å². The zero-order valence-corrected chi connectivity index (χ0v) is 14.7. The molecule has 0 bridgehead atoms. The Morgan fingerprint density at radius 2 is 1.91 bits per heavy atom. The Balaban J connectivity index is 1.79. The lowest BCUT2D eigenvalue weighted by Gasteiger charge is -2.34. The first-order chi connectivity index (χ1) is 10.8. The third-order valence-electron chi connectivity index (χ3n) is 4.60. The molecule has 0 atom stereocenters. The quantitative estimate of drug-likeness (QED) is 0.549. The van der Waals surface area contributed by atoms with Crippen LogP contribution >= 0.6 is 0 Å². The molecule has 0 spiro atoms. The van der Waals surface area contributed by atoms with E-state index in [0.717, 1.165) is 70.7 Å². The predicted molar refractivity (Wildman–Crippen MR) is 92.5 cm³/mol. The highest BCUT2D eigenvalue weighted by atomic mass is 16.5. The van der Waals surface area contributed by atoms with Crippen LogP contribution in [0.15, 0.2) is 4.99 Å². The van der Waals surface area contributed by atoms with Gasteiger partial charge in [0.15, 0.2) is 5.96 Å². The van der Waals surface area contributed by atoms with Gasteiger partial charge in [-0.05, 0) is 46.1 Å². The Morgan fingerprint density at radius 3 is 2.45 bits per heavy atom. The molecule has 1 aliphatic heterocycles. The van der Waals surface area contributed by atoms with Gasteiger partial charge in [-0.15, -0.1) is 0 Å². The zero-order chi connectivity index (χ0) is 15.8. The fraction of sp³-hybridized carbons (Fsp3) is 0.941. The SMILES string of the molecule is CCNC(=NCCN(CC)C1CC1)N1CCC(OCC)CC1. The standard InChI is InChI=1S/C17H34N4O/c1-4-18-17(19-11-14-20(5-2)15-7-8-15)21-12-9-16(10-13-21)22-6-3/h15-16H,4-14H2,1-3H3,(H,18,19). The largest absolute Gasteiger partial charge is 0.378 e. The summed E-state index contributed by atoms with van der Waals surface area (Å²) < 4.78 is 5.74. The van der Waals surface area contributed by atoms with Gasteiger partial charge >= 0.3 is 0 Å². The number of ether oxygens (including phenoxy) is 1. The summed E-state index contributed by atoms with van der Waals surface area (Å²) in [6.07, 6.45) is 5.42. The second-order valence-corrected chi connectivity index (χ2v) is 6.24. The van der Waals surface area contributed by atoms with Crippen LogP contribution in [0.2, 0.25) is 0 Å². The maximum Gasteiger partial charge on any atom is 0.193 e. The van der Waals surface area contributed by atoms with Crippen molar-refractivity contribution in [2.75, 3.05) is 45.9 Å². The van der Waals surface area contributed by atoms with E-state index in [1.54, 1.807) is 0 Å². The number of nitrogens with one attached hydrogen (secondary N) is 1. The van der Waals surface area contributed by atoms with Crippen LogP contribution in [-0.4, -0.2) is 73.8 Å². The fourth-order valence-corrected chi connectivity index (χ4v) is 3.22. The Kier molecular flexibility index (Phi) is 7.46. The van der Waals surface area contributed by atoms with Crippen LogP contribution in [0, 0.1) is 0 Å². The molecule has 22 heavy (non-hydrogen) atoms. The molecule has 2 fully saturated rings. The molecular weight excluding hydrogens is 276 g/mol. The Morgan fingerprint density at radius 1 is 1.18 bits per heavy atom. The lowest BCUT2D eigenvalue weighted by atomic mass is 10.1. The van der Waals surface area contributed by atoms with E-state index in [9.17, 15) is 0 Å². The summed E-state index contributed by atoms with van der Waals surface area (Å²) in [7, 11) is 0. The number of likely N-dealkylation sites (N-methyl/N-ethyl adjacent to an activating group) is 1. The number of hydrogen-bond donors (Lipinski definition) is 1. The summed E-state index contributed by atoms with van der Waals surface area (Å²) in [5.41, 5.74) is 0. The molecule has 1 saturated carbocycles. The second kappa shape index (κ2) is 9.36. The normalized spacial score (nSPS) is 20.7. The van der Waals surface area contributed by atoms with Gasteiger partial charge in [0.2, 0.25) is 0 Å². The molecule has 0 amide bonds. The van der Waals surface area contributed by atoms with E-state index in [1.165, 1.54) is 12.8 Å². The molecular formula is C17H34N4O. The van der Waals surface area contributed by atoms with Crippen molar-refractivity contribution in [3.63, 3.8) is 0 Å². The number of piperidine rings is 1. The first-order valence-corrected chi connectivity index (χ1v) is 9.17. The topological polar surface area (TPSA) is 40.1 Å². The van der Waals surface area contributed by atoms with E-state index in [0.29, 0.717) is 6.10 Å². The maximum atomic E-state index is 5.74. The van der Waals surface area contributed by atoms with E-state index in [4.69, 9.17) is 9.73 Å². The molecule has 2 rings (SSSR count). The third-order valence-corrected chi connectivity index (χ3v) is 4.60. The van der Waals surface area contributed by atoms with Crippen LogP contribution in [0.4, 0.5) is 0 Å². The minimum Gasteiger partial charge on any atom is -0.378 e. The van der Waals surface area contributed by atoms with Gasteiger partial charge in [-0.25, -0.2) is 0 Å². The lowest BCUT2D eigenvalue weighted by molar-refractivity contribution is 0.0263. The molecule has 0 aromatic heterocycles. The Labute approximate surface area is 136 Å². The lowest BCUT2D eigenvalue weighted by Crippen LogP contribution is -2.47. The average molecular weight is 310 g/mol. The van der Waals surface area contributed by atoms with Gasteiger partial charge in [0.25, 0.3) is 0 Å². The maximum absolute atomic E-state index is 5.74. The number of nitrogens with zero attached hydrogens (tertiary/aromatic N) is 3. The second-order valence-electron chi connectivity index (χ2n) is 6.24. The number of hydrogen-bond acceptors (Lipinski definition) is 3. The van der Waals surface area contributed by atoms with Crippen LogP contribution < -0.4 is 5.32 Å². The molecule has 5 heteroatoms. The van der Waals surface area contributed by atoms with E-state index < -0.39 is 0 Å². The number of aliphatic imine (C=N–C) groups is 1. The van der Waals surface area contributed by atoms with E-state index in [-0.39, 0.29) is 0 Å². The molecule has 0 aromatic rings. The summed E-state index contributed by atoms with van der Waals surface area (Å²) in [6, 6.07) is 0.838. The Hall–Kier alpha value is -0.810. The molecule has 1 N–H and O–H groups in total. The van der Waals surface area contributed by atoms with Gasteiger partial charge < -0.3 is 15.0 Å². The highest BCUT2D eigenvalue weighted by Crippen LogP contribution is 2.26. The fourth-order valence-electron chi connectivity index (χ4n) is 3.22. The van der Waals surface area contributed by atoms with Crippen molar-refractivity contribution >= 4 is 5.96 Å². The van der Waals surface area contributed by atoms with Crippen molar-refractivity contribution in [3.8, 4) is 0 Å². The van der Waals surface area contributed by atoms with Crippen molar-refractivity contribution in [2.45, 2.75) is 58.6 Å². The van der Waals surface area contributed by atoms with Crippen molar-refractivity contribution < 1.29 is 4.74 Å². The third kappa shape index (κ3) is 5.43. The summed E-state index contributed by atoms with van der Waals surface area (Å²) in [5.74, 6) is 1.09. The van der Waals surface area contributed by atoms with Gasteiger partial charge in [-0.2, -0.15) is 0 Å². The van der Waals surface area contributed by atoms with E-state index in [1.807, 2.05) is 0 Å². The van der Waals surface area contributed by atoms with Crippen LogP contribution in [0.5, 0.6) is 0 Å². The van der Waals surface area contributed by atoms with Gasteiger partial charge in [0.05, 0.1) is 12.6 Å². The van der Waals surface area contributed by atoms with Gasteiger partial charge in [0.1, 0.15) is 0 Å². The van der Waals surface area contributed by atoms with Gasteiger partial charge in [0, 0.05) is 38.8 Å². The minimum absolute atomic E-state index is 0.439. The zero-order valence-electron chi connectivity index (χ0n) is 14.7. The van der Waals surface area contributed by atoms with Gasteiger partial charge in [-0.1, -0.05) is 6.92 Å². The molecule has 0 unspecified atom stereocenters. The molecule has 1 heterocycles. The minimum atomic E-state index is 0.439. The smallest absolute Gasteiger partial charge is 0.193 e. The molecule has 0 radical (unpaired) electrons. The van der Waals surface area contributed by atoms with Crippen molar-refractivity contribution in [1.82, 2.24) is 15.1 Å². The Bertz CT molecular complexity index is 336. The highest BCUT2D eigenvalue weighted by Gasteiger charge is 2.27. The first kappa shape index (κ1) is 17.5. The predicted octanol–water partition coefficient (Wildman–Crippen LogP) is 1.94. The van der Waals surface area contributed by atoms with Crippen LogP contribution in [0.3, 0.4) is 0 Å². The molecule has 1 aliphatic carbocycles. The van der Waals surface area contributed by atoms with Gasteiger partial charge in [-0.3, -0.25) is 9.89 Å². The van der Waals surface area contributed by atoms with Crippen LogP contribution in [0.1, 0.15) is 46.5 Å². The molecule has 5 nitrogen and oxygen atoms in total. The monoisotopic (exact) mass is 310 g/mol. The number of rotatable bonds is 8. The summed E-state index contributed by atoms with van der Waals surface area (Å²) >= 11 is 0. The van der Waals surface area contributed by atoms with Crippen LogP contribution in [-0.2, 0) is 4.74 Å². The summed E-state index contributed by atoms with van der Waals surface area (Å²) in [6.45, 7) is 13.5. The molecule has 128 valence electrons. The molecule has 0 aromatic carbocycles. The summed E-state index contributed by atoms with van der Waals surface area (Å²) in [5, 5.41) is 3.45. The van der Waals surface area contributed by atoms with E-state index in [2.05, 4.69) is 35.9 Å². The molecule has 1 saturated heterocycles. The number of guanidine groups is 1. The van der Waals surface area contributed by atoms with E-state index >= 15 is 0 Å². The first-order valence-electron chi connectivity index (χ1n) is 9.17. The van der Waals surface area contributed by atoms with Crippen molar-refractivity contribution in [3.05, 3.63) is 0 Å². The summed E-state index contributed by atoms with van der Waals surface area (Å²) in [4.78, 5) is 9.81. The molecule has 2 aliphatic rings.